The molecule has 5 heteroatoms. The SMILES string of the molecule is C=C(C)[C@@H]1CC[C@]2(CNCC(OCC)OCC)CC[C@]3(C)[C@H](CC[C@@H]4[C@@]5(C)CC=C(c6ccc(C(=O)O)cc6)C(C)(C)[C@@H]5CC[C@]43C)[C@@H]12. The van der Waals surface area contributed by atoms with E-state index in [1.54, 1.807) is 12.1 Å². The molecule has 0 aliphatic heterocycles. The molecule has 0 heterocycles. The molecule has 5 aliphatic carbocycles. The van der Waals surface area contributed by atoms with E-state index in [1.807, 2.05) is 26.0 Å². The molecular weight excluding hydrogens is 594 g/mol. The molecule has 266 valence electrons. The lowest BCUT2D eigenvalue weighted by molar-refractivity contribution is -0.225. The molecule has 48 heavy (non-hydrogen) atoms. The van der Waals surface area contributed by atoms with Gasteiger partial charge < -0.3 is 19.9 Å². The number of aromatic carboxylic acids is 1. The number of carboxylic acids is 1. The van der Waals surface area contributed by atoms with Gasteiger partial charge in [0.05, 0.1) is 5.56 Å². The van der Waals surface area contributed by atoms with Crippen LogP contribution < -0.4 is 5.32 Å². The Morgan fingerprint density at radius 3 is 2.23 bits per heavy atom. The van der Waals surface area contributed by atoms with Gasteiger partial charge in [-0.1, -0.05) is 65.0 Å². The Balaban J connectivity index is 1.28. The zero-order valence-electron chi connectivity index (χ0n) is 31.4. The largest absolute Gasteiger partial charge is 0.478 e. The molecule has 9 atom stereocenters. The fourth-order valence-corrected chi connectivity index (χ4v) is 13.5. The van der Waals surface area contributed by atoms with Crippen molar-refractivity contribution in [1.82, 2.24) is 5.32 Å². The van der Waals surface area contributed by atoms with Crippen molar-refractivity contribution >= 4 is 11.5 Å². The van der Waals surface area contributed by atoms with Crippen LogP contribution in [0, 0.1) is 56.7 Å². The molecule has 0 spiro atoms. The molecule has 0 saturated heterocycles. The first-order valence-electron chi connectivity index (χ1n) is 19.3. The van der Waals surface area contributed by atoms with Gasteiger partial charge in [0.15, 0.2) is 6.29 Å². The first-order valence-corrected chi connectivity index (χ1v) is 19.3. The molecule has 1 aromatic carbocycles. The number of ether oxygens (including phenoxy) is 2. The maximum Gasteiger partial charge on any atom is 0.335 e. The van der Waals surface area contributed by atoms with Crippen LogP contribution in [0.4, 0.5) is 0 Å². The van der Waals surface area contributed by atoms with E-state index in [-0.39, 0.29) is 17.1 Å². The summed E-state index contributed by atoms with van der Waals surface area (Å²) in [5.74, 6) is 2.47. The van der Waals surface area contributed by atoms with E-state index in [2.05, 4.69) is 59.5 Å². The van der Waals surface area contributed by atoms with Gasteiger partial charge in [-0.15, -0.1) is 0 Å². The van der Waals surface area contributed by atoms with Gasteiger partial charge in [-0.25, -0.2) is 4.79 Å². The van der Waals surface area contributed by atoms with Crippen LogP contribution in [0.3, 0.4) is 0 Å². The van der Waals surface area contributed by atoms with Gasteiger partial charge in [0.25, 0.3) is 0 Å². The van der Waals surface area contributed by atoms with Crippen molar-refractivity contribution in [3.63, 3.8) is 0 Å². The number of hydrogen-bond donors (Lipinski definition) is 2. The predicted molar refractivity (Wildman–Crippen MR) is 196 cm³/mol. The van der Waals surface area contributed by atoms with Gasteiger partial charge in [0.1, 0.15) is 0 Å². The van der Waals surface area contributed by atoms with Crippen molar-refractivity contribution in [2.24, 2.45) is 56.7 Å². The van der Waals surface area contributed by atoms with Crippen molar-refractivity contribution in [3.05, 3.63) is 53.6 Å². The fraction of sp³-hybridized carbons (Fsp3) is 0.744. The summed E-state index contributed by atoms with van der Waals surface area (Å²) in [6.45, 7) is 27.2. The molecule has 0 amide bonds. The Morgan fingerprint density at radius 2 is 1.60 bits per heavy atom. The van der Waals surface area contributed by atoms with Crippen molar-refractivity contribution < 1.29 is 19.4 Å². The first kappa shape index (κ1) is 35.9. The average Bonchev–Trinajstić information content (AvgIpc) is 3.41. The third-order valence-electron chi connectivity index (χ3n) is 15.8. The summed E-state index contributed by atoms with van der Waals surface area (Å²) in [5, 5.41) is 13.4. The quantitative estimate of drug-likeness (QED) is 0.183. The van der Waals surface area contributed by atoms with Gasteiger partial charge >= 0.3 is 5.97 Å². The lowest BCUT2D eigenvalue weighted by atomic mass is 9.32. The number of nitrogens with one attached hydrogen (secondary N) is 1. The fourth-order valence-electron chi connectivity index (χ4n) is 13.5. The Morgan fingerprint density at radius 1 is 0.917 bits per heavy atom. The number of benzene rings is 1. The number of hydrogen-bond acceptors (Lipinski definition) is 4. The van der Waals surface area contributed by atoms with Crippen LogP contribution in [0.1, 0.15) is 129 Å². The maximum atomic E-state index is 11.5. The van der Waals surface area contributed by atoms with Gasteiger partial charge in [0.2, 0.25) is 0 Å². The molecule has 0 bridgehead atoms. The Hall–Kier alpha value is -1.95. The predicted octanol–water partition coefficient (Wildman–Crippen LogP) is 10.0. The zero-order chi connectivity index (χ0) is 34.7. The first-order chi connectivity index (χ1) is 22.7. The minimum atomic E-state index is -0.859. The normalized spacial score (nSPS) is 39.9. The van der Waals surface area contributed by atoms with Gasteiger partial charge in [-0.3, -0.25) is 0 Å². The Kier molecular flexibility index (Phi) is 9.70. The monoisotopic (exact) mass is 659 g/mol. The molecule has 0 unspecified atom stereocenters. The second-order valence-corrected chi connectivity index (χ2v) is 17.9. The third-order valence-corrected chi connectivity index (χ3v) is 15.8. The lowest BCUT2D eigenvalue weighted by Crippen LogP contribution is -2.66. The molecule has 4 fully saturated rings. The van der Waals surface area contributed by atoms with E-state index in [4.69, 9.17) is 9.47 Å². The van der Waals surface area contributed by atoms with E-state index in [9.17, 15) is 9.90 Å². The highest BCUT2D eigenvalue weighted by Crippen LogP contribution is 2.77. The van der Waals surface area contributed by atoms with Gasteiger partial charge in [0, 0.05) is 26.3 Å². The summed E-state index contributed by atoms with van der Waals surface area (Å²) in [7, 11) is 0. The van der Waals surface area contributed by atoms with Crippen LogP contribution in [-0.2, 0) is 9.47 Å². The number of allylic oxidation sites excluding steroid dienone is 3. The smallest absolute Gasteiger partial charge is 0.335 e. The molecule has 1 aromatic rings. The maximum absolute atomic E-state index is 11.5. The van der Waals surface area contributed by atoms with Crippen molar-refractivity contribution in [2.45, 2.75) is 119 Å². The van der Waals surface area contributed by atoms with Crippen LogP contribution in [0.2, 0.25) is 0 Å². The highest BCUT2D eigenvalue weighted by atomic mass is 16.7. The van der Waals surface area contributed by atoms with Crippen molar-refractivity contribution in [2.75, 3.05) is 26.3 Å². The van der Waals surface area contributed by atoms with Crippen molar-refractivity contribution in [1.29, 1.82) is 0 Å². The summed E-state index contributed by atoms with van der Waals surface area (Å²) in [4.78, 5) is 11.5. The van der Waals surface area contributed by atoms with E-state index in [0.29, 0.717) is 58.7 Å². The molecule has 5 nitrogen and oxygen atoms in total. The topological polar surface area (TPSA) is 67.8 Å². The lowest BCUT2D eigenvalue weighted by Gasteiger charge is -2.72. The van der Waals surface area contributed by atoms with Crippen LogP contribution in [0.15, 0.2) is 42.5 Å². The summed E-state index contributed by atoms with van der Waals surface area (Å²) in [5.41, 5.74) is 5.59. The van der Waals surface area contributed by atoms with Crippen LogP contribution in [-0.4, -0.2) is 43.7 Å². The highest BCUT2D eigenvalue weighted by molar-refractivity contribution is 5.88. The van der Waals surface area contributed by atoms with Crippen LogP contribution in [0.25, 0.3) is 5.57 Å². The highest BCUT2D eigenvalue weighted by Gasteiger charge is 2.70. The standard InChI is InChI=1S/C43H65NO4/c1-10-47-36(48-11-2)26-44-27-43-23-18-31(28(3)4)37(43)33-16-17-35-40(7)21-19-32(29-12-14-30(15-13-29)38(45)46)39(5,6)34(40)20-22-42(35,9)41(33,8)24-25-43/h12-15,19,31,33-37,44H,3,10-11,16-18,20-27H2,1-2,4-9H3,(H,45,46)/t31-,33+,34-,35+,37+,40-,41+,42+,43+/m0/s1. The minimum absolute atomic E-state index is 0.0293. The van der Waals surface area contributed by atoms with Crippen LogP contribution >= 0.6 is 0 Å². The molecule has 4 saturated carbocycles. The number of rotatable bonds is 11. The third kappa shape index (κ3) is 5.48. The molecular formula is C43H65NO4. The average molecular weight is 660 g/mol. The number of carbonyl (C=O) groups is 1. The van der Waals surface area contributed by atoms with Gasteiger partial charge in [-0.05, 0) is 158 Å². The molecule has 2 N–H and O–H groups in total. The zero-order valence-corrected chi connectivity index (χ0v) is 31.4. The summed E-state index contributed by atoms with van der Waals surface area (Å²) >= 11 is 0. The summed E-state index contributed by atoms with van der Waals surface area (Å²) in [6, 6.07) is 7.63. The van der Waals surface area contributed by atoms with E-state index >= 15 is 0 Å². The molecule has 0 aromatic heterocycles. The minimum Gasteiger partial charge on any atom is -0.478 e. The number of carboxylic acid groups (broad SMARTS) is 1. The second-order valence-electron chi connectivity index (χ2n) is 17.9. The second kappa shape index (κ2) is 13.0. The van der Waals surface area contributed by atoms with Crippen molar-refractivity contribution in [3.8, 4) is 0 Å². The summed E-state index contributed by atoms with van der Waals surface area (Å²) < 4.78 is 11.8. The Labute approximate surface area is 291 Å². The number of fused-ring (bicyclic) bond motifs is 7. The van der Waals surface area contributed by atoms with E-state index < -0.39 is 5.97 Å². The van der Waals surface area contributed by atoms with E-state index in [1.165, 1.54) is 68.1 Å². The molecule has 6 rings (SSSR count). The summed E-state index contributed by atoms with van der Waals surface area (Å²) in [6.07, 6.45) is 13.9. The van der Waals surface area contributed by atoms with Gasteiger partial charge in [-0.2, -0.15) is 0 Å². The van der Waals surface area contributed by atoms with E-state index in [0.717, 1.165) is 25.4 Å². The Bertz CT molecular complexity index is 1390. The molecule has 5 aliphatic rings. The van der Waals surface area contributed by atoms with Crippen LogP contribution in [0.5, 0.6) is 0 Å². The molecule has 0 radical (unpaired) electrons.